The number of anilines is 1. The molecule has 0 saturated carbocycles. The lowest BCUT2D eigenvalue weighted by Crippen LogP contribution is -2.00. The minimum Gasteiger partial charge on any atom is -0.453 e. The summed E-state index contributed by atoms with van der Waals surface area (Å²) < 4.78 is 19.2. The molecule has 5 heteroatoms. The molecule has 0 fully saturated rings. The van der Waals surface area contributed by atoms with E-state index in [0.29, 0.717) is 26.7 Å². The molecule has 0 unspecified atom stereocenters. The van der Waals surface area contributed by atoms with Crippen LogP contribution in [-0.2, 0) is 0 Å². The van der Waals surface area contributed by atoms with E-state index in [9.17, 15) is 9.18 Å². The van der Waals surface area contributed by atoms with Crippen LogP contribution in [0.2, 0.25) is 0 Å². The van der Waals surface area contributed by atoms with Crippen LogP contribution in [0, 0.1) is 5.82 Å². The Labute approximate surface area is 122 Å². The number of benzene rings is 2. The second-order valence-electron chi connectivity index (χ2n) is 4.36. The third-order valence-corrected chi connectivity index (χ3v) is 3.65. The molecule has 0 aliphatic heterocycles. The average molecular weight is 334 g/mol. The van der Waals surface area contributed by atoms with Crippen molar-refractivity contribution >= 4 is 38.4 Å². The first-order chi connectivity index (χ1) is 9.54. The van der Waals surface area contributed by atoms with Crippen molar-refractivity contribution in [2.24, 2.45) is 0 Å². The van der Waals surface area contributed by atoms with Gasteiger partial charge in [-0.1, -0.05) is 0 Å². The van der Waals surface area contributed by atoms with Crippen molar-refractivity contribution in [3.8, 4) is 0 Å². The van der Waals surface area contributed by atoms with Gasteiger partial charge in [0.1, 0.15) is 11.4 Å². The van der Waals surface area contributed by atoms with Crippen LogP contribution >= 0.6 is 15.9 Å². The molecule has 100 valence electrons. The van der Waals surface area contributed by atoms with Crippen LogP contribution < -0.4 is 5.73 Å². The molecule has 0 atom stereocenters. The van der Waals surface area contributed by atoms with Crippen LogP contribution in [0.1, 0.15) is 16.1 Å². The van der Waals surface area contributed by atoms with Gasteiger partial charge in [-0.05, 0) is 58.4 Å². The Bertz CT molecular complexity index is 826. The molecular weight excluding hydrogens is 325 g/mol. The number of hydrogen-bond donors (Lipinski definition) is 1. The van der Waals surface area contributed by atoms with E-state index in [0.717, 1.165) is 0 Å². The molecule has 1 heterocycles. The largest absolute Gasteiger partial charge is 0.453 e. The molecule has 20 heavy (non-hydrogen) atoms. The SMILES string of the molecule is Nc1ccc(C(=O)c2cc3cc(F)ccc3o2)cc1Br. The average Bonchev–Trinajstić information content (AvgIpc) is 2.84. The van der Waals surface area contributed by atoms with E-state index in [4.69, 9.17) is 10.2 Å². The summed E-state index contributed by atoms with van der Waals surface area (Å²) in [7, 11) is 0. The summed E-state index contributed by atoms with van der Waals surface area (Å²) in [5, 5.41) is 0.558. The smallest absolute Gasteiger partial charge is 0.228 e. The van der Waals surface area contributed by atoms with Crippen molar-refractivity contribution in [2.45, 2.75) is 0 Å². The van der Waals surface area contributed by atoms with Crippen molar-refractivity contribution in [1.29, 1.82) is 0 Å². The number of nitrogens with two attached hydrogens (primary N) is 1. The van der Waals surface area contributed by atoms with Gasteiger partial charge in [0.05, 0.1) is 0 Å². The number of hydrogen-bond acceptors (Lipinski definition) is 3. The van der Waals surface area contributed by atoms with E-state index in [2.05, 4.69) is 15.9 Å². The highest BCUT2D eigenvalue weighted by Crippen LogP contribution is 2.25. The van der Waals surface area contributed by atoms with E-state index in [1.807, 2.05) is 0 Å². The van der Waals surface area contributed by atoms with Crippen LogP contribution in [0.25, 0.3) is 11.0 Å². The highest BCUT2D eigenvalue weighted by atomic mass is 79.9. The predicted octanol–water partition coefficient (Wildman–Crippen LogP) is 4.15. The zero-order valence-electron chi connectivity index (χ0n) is 10.2. The molecule has 2 aromatic carbocycles. The fraction of sp³-hybridized carbons (Fsp3) is 0. The summed E-state index contributed by atoms with van der Waals surface area (Å²) in [6.07, 6.45) is 0. The molecule has 3 rings (SSSR count). The number of carbonyl (C=O) groups excluding carboxylic acids is 1. The van der Waals surface area contributed by atoms with Crippen molar-refractivity contribution in [3.05, 3.63) is 64.1 Å². The van der Waals surface area contributed by atoms with Gasteiger partial charge in [0.2, 0.25) is 5.78 Å². The van der Waals surface area contributed by atoms with Crippen molar-refractivity contribution in [3.63, 3.8) is 0 Å². The minimum absolute atomic E-state index is 0.169. The standard InChI is InChI=1S/C15H9BrFNO2/c16-11-6-8(1-3-12(11)18)15(19)14-7-9-5-10(17)2-4-13(9)20-14/h1-7H,18H2. The number of ketones is 1. The first-order valence-electron chi connectivity index (χ1n) is 5.83. The topological polar surface area (TPSA) is 56.2 Å². The van der Waals surface area contributed by atoms with E-state index in [1.54, 1.807) is 18.2 Å². The lowest BCUT2D eigenvalue weighted by atomic mass is 10.1. The number of halogens is 2. The second kappa shape index (κ2) is 4.76. The molecule has 0 amide bonds. The molecule has 0 radical (unpaired) electrons. The lowest BCUT2D eigenvalue weighted by Gasteiger charge is -2.01. The molecule has 0 aliphatic rings. The van der Waals surface area contributed by atoms with Gasteiger partial charge >= 0.3 is 0 Å². The quantitative estimate of drug-likeness (QED) is 0.566. The molecule has 3 nitrogen and oxygen atoms in total. The highest BCUT2D eigenvalue weighted by Gasteiger charge is 2.15. The molecule has 0 aliphatic carbocycles. The third kappa shape index (κ3) is 2.20. The van der Waals surface area contributed by atoms with Gasteiger partial charge in [0.25, 0.3) is 0 Å². The van der Waals surface area contributed by atoms with Gasteiger partial charge in [-0.2, -0.15) is 0 Å². The molecule has 0 bridgehead atoms. The Kier molecular flexibility index (Phi) is 3.06. The van der Waals surface area contributed by atoms with Gasteiger partial charge in [-0.3, -0.25) is 4.79 Å². The Morgan fingerprint density at radius 2 is 1.95 bits per heavy atom. The van der Waals surface area contributed by atoms with Crippen molar-refractivity contribution < 1.29 is 13.6 Å². The van der Waals surface area contributed by atoms with E-state index >= 15 is 0 Å². The van der Waals surface area contributed by atoms with E-state index in [1.165, 1.54) is 24.3 Å². The van der Waals surface area contributed by atoms with Gasteiger partial charge in [-0.25, -0.2) is 4.39 Å². The first-order valence-corrected chi connectivity index (χ1v) is 6.63. The van der Waals surface area contributed by atoms with Gasteiger partial charge in [0.15, 0.2) is 5.76 Å². The summed E-state index contributed by atoms with van der Waals surface area (Å²) in [6, 6.07) is 10.5. The number of rotatable bonds is 2. The van der Waals surface area contributed by atoms with Crippen molar-refractivity contribution in [1.82, 2.24) is 0 Å². The summed E-state index contributed by atoms with van der Waals surface area (Å²) in [5.41, 5.74) is 7.16. The van der Waals surface area contributed by atoms with Crippen LogP contribution in [-0.4, -0.2) is 5.78 Å². The Hall–Kier alpha value is -2.14. The Morgan fingerprint density at radius 3 is 2.70 bits per heavy atom. The maximum absolute atomic E-state index is 13.1. The second-order valence-corrected chi connectivity index (χ2v) is 5.21. The number of nitrogen functional groups attached to an aromatic ring is 1. The fourth-order valence-corrected chi connectivity index (χ4v) is 2.32. The summed E-state index contributed by atoms with van der Waals surface area (Å²) >= 11 is 3.27. The van der Waals surface area contributed by atoms with Crippen LogP contribution in [0.3, 0.4) is 0 Å². The highest BCUT2D eigenvalue weighted by molar-refractivity contribution is 9.10. The van der Waals surface area contributed by atoms with Crippen LogP contribution in [0.5, 0.6) is 0 Å². The Balaban J connectivity index is 2.05. The summed E-state index contributed by atoms with van der Waals surface area (Å²) in [6.45, 7) is 0. The monoisotopic (exact) mass is 333 g/mol. The first kappa shape index (κ1) is 12.9. The molecule has 0 saturated heterocycles. The van der Waals surface area contributed by atoms with Crippen LogP contribution in [0.15, 0.2) is 51.4 Å². The van der Waals surface area contributed by atoms with Crippen molar-refractivity contribution in [2.75, 3.05) is 5.73 Å². The Morgan fingerprint density at radius 1 is 1.15 bits per heavy atom. The third-order valence-electron chi connectivity index (χ3n) is 2.96. The maximum atomic E-state index is 13.1. The molecular formula is C15H9BrFNO2. The fourth-order valence-electron chi connectivity index (χ4n) is 1.94. The molecule has 3 aromatic rings. The number of carbonyl (C=O) groups is 1. The molecule has 2 N–H and O–H groups in total. The zero-order valence-corrected chi connectivity index (χ0v) is 11.8. The maximum Gasteiger partial charge on any atom is 0.228 e. The summed E-state index contributed by atoms with van der Waals surface area (Å²) in [4.78, 5) is 12.3. The van der Waals surface area contributed by atoms with Gasteiger partial charge in [-0.15, -0.1) is 0 Å². The normalized spacial score (nSPS) is 10.9. The number of furan rings is 1. The summed E-state index contributed by atoms with van der Waals surface area (Å²) in [5.74, 6) is -0.475. The zero-order chi connectivity index (χ0) is 14.3. The number of fused-ring (bicyclic) bond motifs is 1. The minimum atomic E-state index is -0.368. The predicted molar refractivity (Wildman–Crippen MR) is 78.2 cm³/mol. The van der Waals surface area contributed by atoms with Gasteiger partial charge < -0.3 is 10.2 Å². The molecule has 0 spiro atoms. The van der Waals surface area contributed by atoms with Crippen LogP contribution in [0.4, 0.5) is 10.1 Å². The van der Waals surface area contributed by atoms with E-state index < -0.39 is 0 Å². The van der Waals surface area contributed by atoms with Gasteiger partial charge in [0, 0.05) is 21.1 Å². The lowest BCUT2D eigenvalue weighted by molar-refractivity contribution is 0.101. The van der Waals surface area contributed by atoms with E-state index in [-0.39, 0.29) is 17.4 Å². The molecule has 1 aromatic heterocycles.